The van der Waals surface area contributed by atoms with Gasteiger partial charge in [0.1, 0.15) is 18.2 Å². The van der Waals surface area contributed by atoms with E-state index in [0.29, 0.717) is 31.7 Å². The number of hydrogen-bond donors (Lipinski definition) is 2. The number of guanidine groups is 1. The van der Waals surface area contributed by atoms with Crippen molar-refractivity contribution >= 4 is 5.96 Å². The van der Waals surface area contributed by atoms with Crippen LogP contribution in [0.4, 0.5) is 4.39 Å². The maximum Gasteiger partial charge on any atom is 0.191 e. The van der Waals surface area contributed by atoms with E-state index in [1.54, 1.807) is 19.2 Å². The van der Waals surface area contributed by atoms with Gasteiger partial charge < -0.3 is 20.1 Å². The van der Waals surface area contributed by atoms with Crippen LogP contribution in [0, 0.1) is 5.82 Å². The smallest absolute Gasteiger partial charge is 0.191 e. The van der Waals surface area contributed by atoms with E-state index in [9.17, 15) is 4.39 Å². The number of nitrogens with zero attached hydrogens (tertiary/aromatic N) is 2. The van der Waals surface area contributed by atoms with Crippen molar-refractivity contribution in [2.24, 2.45) is 4.99 Å². The Balaban J connectivity index is 1.41. The first-order chi connectivity index (χ1) is 15.1. The molecule has 0 radical (unpaired) electrons. The number of ether oxygens (including phenoxy) is 2. The summed E-state index contributed by atoms with van der Waals surface area (Å²) in [6.45, 7) is 4.46. The van der Waals surface area contributed by atoms with Crippen molar-refractivity contribution in [3.63, 3.8) is 0 Å². The van der Waals surface area contributed by atoms with Gasteiger partial charge in [0, 0.05) is 45.9 Å². The Morgan fingerprint density at radius 2 is 1.81 bits per heavy atom. The lowest BCUT2D eigenvalue weighted by Crippen LogP contribution is -2.38. The van der Waals surface area contributed by atoms with Gasteiger partial charge in [0.2, 0.25) is 0 Å². The van der Waals surface area contributed by atoms with E-state index in [1.165, 1.54) is 12.1 Å². The summed E-state index contributed by atoms with van der Waals surface area (Å²) in [6.07, 6.45) is 2.18. The molecule has 1 saturated heterocycles. The van der Waals surface area contributed by atoms with Gasteiger partial charge in [-0.2, -0.15) is 0 Å². The predicted molar refractivity (Wildman–Crippen MR) is 122 cm³/mol. The molecule has 2 N–H and O–H groups in total. The van der Waals surface area contributed by atoms with E-state index < -0.39 is 0 Å². The molecule has 7 heteroatoms. The molecule has 0 spiro atoms. The van der Waals surface area contributed by atoms with Gasteiger partial charge >= 0.3 is 0 Å². The minimum absolute atomic E-state index is 0.233. The predicted octanol–water partition coefficient (Wildman–Crippen LogP) is 3.18. The minimum Gasteiger partial charge on any atom is -0.492 e. The molecule has 1 fully saturated rings. The summed E-state index contributed by atoms with van der Waals surface area (Å²) < 4.78 is 24.4. The van der Waals surface area contributed by atoms with Gasteiger partial charge in [-0.05, 0) is 55.3 Å². The Morgan fingerprint density at radius 1 is 1.10 bits per heavy atom. The molecular formula is C24H33FN4O2. The Morgan fingerprint density at radius 3 is 2.52 bits per heavy atom. The normalized spacial score (nSPS) is 15.2. The summed E-state index contributed by atoms with van der Waals surface area (Å²) in [6, 6.07) is 15.1. The van der Waals surface area contributed by atoms with Crippen LogP contribution in [-0.4, -0.2) is 57.4 Å². The van der Waals surface area contributed by atoms with Crippen LogP contribution in [0.15, 0.2) is 53.5 Å². The Hall–Kier alpha value is -2.64. The van der Waals surface area contributed by atoms with Crippen LogP contribution in [0.1, 0.15) is 24.0 Å². The molecule has 0 aliphatic carbocycles. The van der Waals surface area contributed by atoms with Gasteiger partial charge in [0.25, 0.3) is 0 Å². The van der Waals surface area contributed by atoms with E-state index in [-0.39, 0.29) is 5.82 Å². The maximum absolute atomic E-state index is 13.0. The molecule has 1 aliphatic rings. The monoisotopic (exact) mass is 428 g/mol. The zero-order valence-electron chi connectivity index (χ0n) is 18.4. The standard InChI is InChI=1S/C24H33FN4O2/c1-26-24(27-17-19-6-8-21(25)9-7-19)28-18-20-4-3-5-23(16-20)31-15-12-29(2)22-10-13-30-14-11-22/h3-9,16,22H,10-15,17-18H2,1-2H3,(H2,26,27,28). The molecule has 0 unspecified atom stereocenters. The number of halogens is 1. The minimum atomic E-state index is -0.233. The molecule has 2 aromatic carbocycles. The van der Waals surface area contributed by atoms with Crippen molar-refractivity contribution in [1.82, 2.24) is 15.5 Å². The molecule has 31 heavy (non-hydrogen) atoms. The number of likely N-dealkylation sites (N-methyl/N-ethyl adjacent to an activating group) is 1. The number of aliphatic imine (C=N–C) groups is 1. The first-order valence-corrected chi connectivity index (χ1v) is 10.8. The highest BCUT2D eigenvalue weighted by Gasteiger charge is 2.17. The average Bonchev–Trinajstić information content (AvgIpc) is 2.81. The number of rotatable bonds is 9. The van der Waals surface area contributed by atoms with Crippen LogP contribution in [0.2, 0.25) is 0 Å². The van der Waals surface area contributed by atoms with Crippen LogP contribution >= 0.6 is 0 Å². The highest BCUT2D eigenvalue weighted by molar-refractivity contribution is 5.79. The second-order valence-electron chi connectivity index (χ2n) is 7.73. The molecule has 2 aromatic rings. The summed E-state index contributed by atoms with van der Waals surface area (Å²) in [5.74, 6) is 1.33. The molecule has 0 bridgehead atoms. The van der Waals surface area contributed by atoms with Crippen LogP contribution in [0.5, 0.6) is 5.75 Å². The molecule has 0 saturated carbocycles. The fraction of sp³-hybridized carbons (Fsp3) is 0.458. The van der Waals surface area contributed by atoms with Gasteiger partial charge in [-0.25, -0.2) is 4.39 Å². The van der Waals surface area contributed by atoms with Crippen molar-refractivity contribution in [2.75, 3.05) is 40.5 Å². The quantitative estimate of drug-likeness (QED) is 0.475. The third-order valence-corrected chi connectivity index (χ3v) is 5.48. The van der Waals surface area contributed by atoms with Crippen molar-refractivity contribution in [1.29, 1.82) is 0 Å². The van der Waals surface area contributed by atoms with E-state index in [2.05, 4.69) is 39.7 Å². The van der Waals surface area contributed by atoms with E-state index in [0.717, 1.165) is 49.5 Å². The lowest BCUT2D eigenvalue weighted by atomic mass is 10.1. The van der Waals surface area contributed by atoms with Gasteiger partial charge in [0.05, 0.1) is 0 Å². The van der Waals surface area contributed by atoms with Crippen molar-refractivity contribution in [3.05, 3.63) is 65.5 Å². The van der Waals surface area contributed by atoms with E-state index in [1.807, 2.05) is 12.1 Å². The number of benzene rings is 2. The zero-order chi connectivity index (χ0) is 21.9. The van der Waals surface area contributed by atoms with Gasteiger partial charge in [-0.3, -0.25) is 9.89 Å². The Kier molecular flexibility index (Phi) is 9.12. The second kappa shape index (κ2) is 12.3. The van der Waals surface area contributed by atoms with Crippen LogP contribution in [0.3, 0.4) is 0 Å². The molecule has 3 rings (SSSR count). The van der Waals surface area contributed by atoms with E-state index >= 15 is 0 Å². The summed E-state index contributed by atoms with van der Waals surface area (Å²) in [4.78, 5) is 6.61. The fourth-order valence-corrected chi connectivity index (χ4v) is 3.56. The van der Waals surface area contributed by atoms with Crippen molar-refractivity contribution < 1.29 is 13.9 Å². The highest BCUT2D eigenvalue weighted by Crippen LogP contribution is 2.15. The lowest BCUT2D eigenvalue weighted by molar-refractivity contribution is 0.0392. The van der Waals surface area contributed by atoms with Crippen LogP contribution in [-0.2, 0) is 17.8 Å². The molecular weight excluding hydrogens is 395 g/mol. The Labute approximate surface area is 184 Å². The molecule has 1 heterocycles. The Bertz CT molecular complexity index is 823. The van der Waals surface area contributed by atoms with Crippen LogP contribution < -0.4 is 15.4 Å². The number of hydrogen-bond acceptors (Lipinski definition) is 4. The molecule has 168 valence electrons. The van der Waals surface area contributed by atoms with Gasteiger partial charge in [0.15, 0.2) is 5.96 Å². The second-order valence-corrected chi connectivity index (χ2v) is 7.73. The SMILES string of the molecule is CN=C(NCc1ccc(F)cc1)NCc1cccc(OCCN(C)C2CCOCC2)c1. The summed E-state index contributed by atoms with van der Waals surface area (Å²) in [7, 11) is 3.89. The van der Waals surface area contributed by atoms with Gasteiger partial charge in [-0.1, -0.05) is 24.3 Å². The van der Waals surface area contributed by atoms with Crippen molar-refractivity contribution in [2.45, 2.75) is 32.0 Å². The number of nitrogens with one attached hydrogen (secondary N) is 2. The third-order valence-electron chi connectivity index (χ3n) is 5.48. The molecule has 0 amide bonds. The zero-order valence-corrected chi connectivity index (χ0v) is 18.4. The summed E-state index contributed by atoms with van der Waals surface area (Å²) in [5, 5.41) is 6.54. The summed E-state index contributed by atoms with van der Waals surface area (Å²) in [5.41, 5.74) is 2.10. The molecule has 1 aliphatic heterocycles. The maximum atomic E-state index is 13.0. The van der Waals surface area contributed by atoms with Gasteiger partial charge in [-0.15, -0.1) is 0 Å². The molecule has 0 aromatic heterocycles. The third kappa shape index (κ3) is 7.84. The first kappa shape index (κ1) is 23.0. The van der Waals surface area contributed by atoms with E-state index in [4.69, 9.17) is 9.47 Å². The average molecular weight is 429 g/mol. The van der Waals surface area contributed by atoms with Crippen molar-refractivity contribution in [3.8, 4) is 5.75 Å². The molecule has 6 nitrogen and oxygen atoms in total. The highest BCUT2D eigenvalue weighted by atomic mass is 19.1. The topological polar surface area (TPSA) is 58.1 Å². The summed E-state index contributed by atoms with van der Waals surface area (Å²) >= 11 is 0. The lowest BCUT2D eigenvalue weighted by Gasteiger charge is -2.31. The molecule has 0 atom stereocenters. The largest absolute Gasteiger partial charge is 0.492 e. The first-order valence-electron chi connectivity index (χ1n) is 10.8. The van der Waals surface area contributed by atoms with Crippen LogP contribution in [0.25, 0.3) is 0 Å². The fourth-order valence-electron chi connectivity index (χ4n) is 3.56.